The van der Waals surface area contributed by atoms with Crippen LogP contribution in [0.1, 0.15) is 15.9 Å². The number of carbonyl (C=O) groups is 1. The van der Waals surface area contributed by atoms with Crippen LogP contribution in [0.3, 0.4) is 0 Å². The highest BCUT2D eigenvalue weighted by molar-refractivity contribution is 6.04. The highest BCUT2D eigenvalue weighted by Crippen LogP contribution is 2.28. The van der Waals surface area contributed by atoms with E-state index in [1.165, 1.54) is 0 Å². The quantitative estimate of drug-likeness (QED) is 0.203. The Balaban J connectivity index is 1.21. The fourth-order valence-corrected chi connectivity index (χ4v) is 4.56. The molecule has 41 heavy (non-hydrogen) atoms. The first-order chi connectivity index (χ1) is 20.1. The minimum atomic E-state index is -0.181. The predicted octanol–water partition coefficient (Wildman–Crippen LogP) is 6.53. The number of anilines is 3. The van der Waals surface area contributed by atoms with Crippen molar-refractivity contribution in [1.82, 2.24) is 14.6 Å². The maximum absolute atomic E-state index is 12.6. The molecule has 202 valence electrons. The summed E-state index contributed by atoms with van der Waals surface area (Å²) >= 11 is 0. The molecule has 0 aliphatic heterocycles. The predicted molar refractivity (Wildman–Crippen MR) is 162 cm³/mol. The molecule has 0 aliphatic rings. The first kappa shape index (κ1) is 25.8. The van der Waals surface area contributed by atoms with E-state index in [-0.39, 0.29) is 5.91 Å². The van der Waals surface area contributed by atoms with Crippen LogP contribution in [0, 0.1) is 0 Å². The topological polar surface area (TPSA) is 107 Å². The lowest BCUT2D eigenvalue weighted by atomic mass is 10.0. The largest absolute Gasteiger partial charge is 0.497 e. The van der Waals surface area contributed by atoms with E-state index in [4.69, 9.17) is 15.5 Å². The number of methoxy groups -OCH3 is 1. The van der Waals surface area contributed by atoms with Crippen LogP contribution in [0.4, 0.5) is 17.3 Å². The Kier molecular flexibility index (Phi) is 7.13. The van der Waals surface area contributed by atoms with Gasteiger partial charge in [-0.3, -0.25) is 4.79 Å². The summed E-state index contributed by atoms with van der Waals surface area (Å²) in [7, 11) is 1.67. The van der Waals surface area contributed by atoms with Crippen LogP contribution in [0.15, 0.2) is 115 Å². The summed E-state index contributed by atoms with van der Waals surface area (Å²) < 4.78 is 7.12. The maximum atomic E-state index is 12.6. The number of benzene rings is 4. The highest BCUT2D eigenvalue weighted by Gasteiger charge is 2.11. The fourth-order valence-electron chi connectivity index (χ4n) is 4.56. The van der Waals surface area contributed by atoms with Gasteiger partial charge in [-0.2, -0.15) is 5.10 Å². The minimum Gasteiger partial charge on any atom is -0.497 e. The number of fused-ring (bicyclic) bond motifs is 1. The number of rotatable bonds is 8. The van der Waals surface area contributed by atoms with Crippen LogP contribution < -0.4 is 21.1 Å². The van der Waals surface area contributed by atoms with Crippen LogP contribution in [-0.4, -0.2) is 27.6 Å². The third-order valence-electron chi connectivity index (χ3n) is 6.82. The van der Waals surface area contributed by atoms with Crippen molar-refractivity contribution in [2.75, 3.05) is 17.7 Å². The van der Waals surface area contributed by atoms with Crippen molar-refractivity contribution in [2.24, 2.45) is 5.73 Å². The van der Waals surface area contributed by atoms with Gasteiger partial charge in [0.15, 0.2) is 0 Å². The molecular weight excluding hydrogens is 512 g/mol. The summed E-state index contributed by atoms with van der Waals surface area (Å²) in [6.07, 6.45) is 1.75. The smallest absolute Gasteiger partial charge is 0.255 e. The van der Waals surface area contributed by atoms with Gasteiger partial charge in [0.05, 0.1) is 24.5 Å². The number of hydrogen-bond acceptors (Lipinski definition) is 6. The van der Waals surface area contributed by atoms with Crippen molar-refractivity contribution < 1.29 is 9.53 Å². The van der Waals surface area contributed by atoms with Crippen LogP contribution in [0.25, 0.3) is 27.9 Å². The Morgan fingerprint density at radius 1 is 0.829 bits per heavy atom. The fraction of sp³-hybridized carbons (Fsp3) is 0.0606. The molecule has 6 aromatic rings. The second-order valence-electron chi connectivity index (χ2n) is 9.50. The average Bonchev–Trinajstić information content (AvgIpc) is 3.51. The van der Waals surface area contributed by atoms with Crippen molar-refractivity contribution in [3.63, 3.8) is 0 Å². The molecule has 0 saturated carbocycles. The summed E-state index contributed by atoms with van der Waals surface area (Å²) in [5.74, 6) is 1.22. The van der Waals surface area contributed by atoms with Crippen molar-refractivity contribution >= 4 is 28.7 Å². The average molecular weight is 541 g/mol. The van der Waals surface area contributed by atoms with Crippen LogP contribution in [0.5, 0.6) is 5.75 Å². The van der Waals surface area contributed by atoms with Gasteiger partial charge in [0.1, 0.15) is 5.75 Å². The Morgan fingerprint density at radius 3 is 2.29 bits per heavy atom. The van der Waals surface area contributed by atoms with Crippen LogP contribution in [-0.2, 0) is 6.54 Å². The zero-order chi connectivity index (χ0) is 28.2. The first-order valence-electron chi connectivity index (χ1n) is 13.2. The van der Waals surface area contributed by atoms with Crippen molar-refractivity contribution in [2.45, 2.75) is 6.54 Å². The van der Waals surface area contributed by atoms with Gasteiger partial charge in [-0.25, -0.2) is 9.50 Å². The summed E-state index contributed by atoms with van der Waals surface area (Å²) in [5.41, 5.74) is 13.6. The van der Waals surface area contributed by atoms with Gasteiger partial charge < -0.3 is 21.1 Å². The van der Waals surface area contributed by atoms with Crippen molar-refractivity contribution in [3.8, 4) is 28.1 Å². The zero-order valence-electron chi connectivity index (χ0n) is 22.4. The molecule has 8 heteroatoms. The molecule has 0 fully saturated rings. The molecule has 8 nitrogen and oxygen atoms in total. The number of nitrogens with two attached hydrogens (primary N) is 1. The molecule has 2 heterocycles. The van der Waals surface area contributed by atoms with E-state index < -0.39 is 0 Å². The Morgan fingerprint density at radius 2 is 1.56 bits per heavy atom. The zero-order valence-corrected chi connectivity index (χ0v) is 22.4. The molecule has 0 radical (unpaired) electrons. The van der Waals surface area contributed by atoms with Crippen molar-refractivity contribution in [1.29, 1.82) is 0 Å². The molecule has 0 spiro atoms. The van der Waals surface area contributed by atoms with Gasteiger partial charge in [-0.1, -0.05) is 48.5 Å². The van der Waals surface area contributed by atoms with E-state index in [0.29, 0.717) is 23.7 Å². The number of hydrogen-bond donors (Lipinski definition) is 3. The lowest BCUT2D eigenvalue weighted by Gasteiger charge is -2.12. The van der Waals surface area contributed by atoms with E-state index in [2.05, 4.69) is 46.1 Å². The Bertz CT molecular complexity index is 1810. The van der Waals surface area contributed by atoms with Crippen LogP contribution >= 0.6 is 0 Å². The molecule has 0 unspecified atom stereocenters. The standard InChI is InChI=1S/C33H28N6O2/c1-41-30-4-2-3-26(19-30)23-9-11-24(12-10-23)31-20-29-17-18-35-39(29)33(38-31)37-28-15-13-27(14-16-28)36-32(40)25-7-5-22(21-34)6-8-25/h2-20H,21,34H2,1H3,(H,36,40)(H,37,38). The molecule has 2 aromatic heterocycles. The lowest BCUT2D eigenvalue weighted by Crippen LogP contribution is -2.12. The number of ether oxygens (including phenoxy) is 1. The molecule has 6 rings (SSSR count). The molecule has 0 atom stereocenters. The van der Waals surface area contributed by atoms with E-state index in [9.17, 15) is 4.79 Å². The molecule has 4 N–H and O–H groups in total. The third-order valence-corrected chi connectivity index (χ3v) is 6.82. The highest BCUT2D eigenvalue weighted by atomic mass is 16.5. The lowest BCUT2D eigenvalue weighted by molar-refractivity contribution is 0.102. The van der Waals surface area contributed by atoms with E-state index in [1.54, 1.807) is 30.0 Å². The van der Waals surface area contributed by atoms with Gasteiger partial charge in [0.2, 0.25) is 5.95 Å². The van der Waals surface area contributed by atoms with E-state index in [1.807, 2.05) is 66.7 Å². The Labute approximate surface area is 237 Å². The number of amides is 1. The second-order valence-corrected chi connectivity index (χ2v) is 9.50. The molecular formula is C33H28N6O2. The number of carbonyl (C=O) groups excluding carboxylic acids is 1. The summed E-state index contributed by atoms with van der Waals surface area (Å²) in [6.45, 7) is 0.440. The molecule has 4 aromatic carbocycles. The second kappa shape index (κ2) is 11.3. The van der Waals surface area contributed by atoms with Gasteiger partial charge in [-0.15, -0.1) is 0 Å². The Hall–Kier alpha value is -5.47. The number of nitrogens with one attached hydrogen (secondary N) is 2. The van der Waals surface area contributed by atoms with Gasteiger partial charge in [-0.05, 0) is 77.4 Å². The van der Waals surface area contributed by atoms with Gasteiger partial charge in [0, 0.05) is 29.0 Å². The monoisotopic (exact) mass is 540 g/mol. The normalized spacial score (nSPS) is 10.9. The first-order valence-corrected chi connectivity index (χ1v) is 13.2. The molecule has 1 amide bonds. The maximum Gasteiger partial charge on any atom is 0.255 e. The van der Waals surface area contributed by atoms with E-state index >= 15 is 0 Å². The molecule has 0 bridgehead atoms. The summed E-state index contributed by atoms with van der Waals surface area (Å²) in [4.78, 5) is 17.5. The van der Waals surface area contributed by atoms with Gasteiger partial charge >= 0.3 is 0 Å². The SMILES string of the molecule is COc1cccc(-c2ccc(-c3cc4ccnn4c(Nc4ccc(NC(=O)c5ccc(CN)cc5)cc4)n3)cc2)c1. The van der Waals surface area contributed by atoms with E-state index in [0.717, 1.165) is 44.9 Å². The van der Waals surface area contributed by atoms with Crippen molar-refractivity contribution in [3.05, 3.63) is 127 Å². The third kappa shape index (κ3) is 5.63. The van der Waals surface area contributed by atoms with Crippen LogP contribution in [0.2, 0.25) is 0 Å². The summed E-state index contributed by atoms with van der Waals surface area (Å²) in [5, 5.41) is 10.7. The minimum absolute atomic E-state index is 0.181. The van der Waals surface area contributed by atoms with Gasteiger partial charge in [0.25, 0.3) is 5.91 Å². The summed E-state index contributed by atoms with van der Waals surface area (Å²) in [6, 6.07) is 35.0. The molecule has 0 saturated heterocycles. The number of nitrogens with zero attached hydrogens (tertiary/aromatic N) is 3. The molecule has 0 aliphatic carbocycles. The number of aromatic nitrogens is 3.